The zero-order valence-corrected chi connectivity index (χ0v) is 14.0. The summed E-state index contributed by atoms with van der Waals surface area (Å²) in [5, 5.41) is 4.07. The molecule has 0 aliphatic carbocycles. The summed E-state index contributed by atoms with van der Waals surface area (Å²) in [5.41, 5.74) is 6.39. The molecule has 1 aromatic heterocycles. The fourth-order valence-corrected chi connectivity index (χ4v) is 3.02. The van der Waals surface area contributed by atoms with Crippen LogP contribution in [0.5, 0.6) is 0 Å². The Bertz CT molecular complexity index is 1060. The number of sulfone groups is 1. The van der Waals surface area contributed by atoms with Crippen molar-refractivity contribution in [3.05, 3.63) is 66.1 Å². The van der Waals surface area contributed by atoms with E-state index in [4.69, 9.17) is 5.73 Å². The van der Waals surface area contributed by atoms with Crippen LogP contribution in [-0.4, -0.2) is 30.4 Å². The van der Waals surface area contributed by atoms with Crippen molar-refractivity contribution in [1.82, 2.24) is 9.78 Å². The summed E-state index contributed by atoms with van der Waals surface area (Å²) in [4.78, 5) is 11.6. The first-order valence-electron chi connectivity index (χ1n) is 7.22. The van der Waals surface area contributed by atoms with E-state index in [1.165, 1.54) is 41.1 Å². The monoisotopic (exact) mass is 359 g/mol. The molecule has 128 valence electrons. The highest BCUT2D eigenvalue weighted by atomic mass is 32.2. The second-order valence-corrected chi connectivity index (χ2v) is 7.45. The Kier molecular flexibility index (Phi) is 4.13. The van der Waals surface area contributed by atoms with Gasteiger partial charge in [-0.2, -0.15) is 5.10 Å². The highest BCUT2D eigenvalue weighted by Gasteiger charge is 2.17. The molecule has 25 heavy (non-hydrogen) atoms. The number of primary amides is 1. The van der Waals surface area contributed by atoms with Gasteiger partial charge in [-0.1, -0.05) is 24.3 Å². The van der Waals surface area contributed by atoms with Gasteiger partial charge in [0.15, 0.2) is 15.5 Å². The summed E-state index contributed by atoms with van der Waals surface area (Å²) in [5.74, 6) is -1.26. The Morgan fingerprint density at radius 1 is 1.12 bits per heavy atom. The molecule has 0 radical (unpaired) electrons. The summed E-state index contributed by atoms with van der Waals surface area (Å²) in [7, 11) is -3.34. The average molecular weight is 359 g/mol. The second kappa shape index (κ2) is 6.14. The molecular weight excluding hydrogens is 345 g/mol. The predicted molar refractivity (Wildman–Crippen MR) is 90.6 cm³/mol. The van der Waals surface area contributed by atoms with Crippen LogP contribution in [0.1, 0.15) is 10.5 Å². The minimum Gasteiger partial charge on any atom is -0.364 e. The van der Waals surface area contributed by atoms with E-state index >= 15 is 0 Å². The number of hydrogen-bond donors (Lipinski definition) is 1. The van der Waals surface area contributed by atoms with E-state index in [2.05, 4.69) is 5.10 Å². The predicted octanol–water partition coefficient (Wildman–Crippen LogP) is 2.18. The normalized spacial score (nSPS) is 11.4. The van der Waals surface area contributed by atoms with E-state index in [0.717, 1.165) is 6.26 Å². The molecule has 2 N–H and O–H groups in total. The number of carbonyl (C=O) groups excluding carboxylic acids is 1. The van der Waals surface area contributed by atoms with Gasteiger partial charge in [-0.05, 0) is 30.3 Å². The van der Waals surface area contributed by atoms with Crippen molar-refractivity contribution in [2.45, 2.75) is 4.90 Å². The molecule has 0 unspecified atom stereocenters. The lowest BCUT2D eigenvalue weighted by molar-refractivity contribution is 0.0995. The van der Waals surface area contributed by atoms with Gasteiger partial charge < -0.3 is 5.73 Å². The van der Waals surface area contributed by atoms with Gasteiger partial charge in [-0.25, -0.2) is 17.5 Å². The lowest BCUT2D eigenvalue weighted by Gasteiger charge is -2.09. The van der Waals surface area contributed by atoms with Crippen molar-refractivity contribution in [3.63, 3.8) is 0 Å². The Morgan fingerprint density at radius 3 is 2.32 bits per heavy atom. The topological polar surface area (TPSA) is 95.0 Å². The van der Waals surface area contributed by atoms with Crippen molar-refractivity contribution in [1.29, 1.82) is 0 Å². The first-order chi connectivity index (χ1) is 11.8. The van der Waals surface area contributed by atoms with Gasteiger partial charge in [0.1, 0.15) is 11.5 Å². The molecule has 3 rings (SSSR count). The quantitative estimate of drug-likeness (QED) is 0.772. The van der Waals surface area contributed by atoms with E-state index in [0.29, 0.717) is 11.3 Å². The van der Waals surface area contributed by atoms with Gasteiger partial charge in [0.2, 0.25) is 0 Å². The Labute approximate surface area is 143 Å². The molecule has 0 aliphatic rings. The molecule has 8 heteroatoms. The van der Waals surface area contributed by atoms with Crippen LogP contribution in [-0.2, 0) is 9.84 Å². The van der Waals surface area contributed by atoms with Crippen molar-refractivity contribution in [2.75, 3.05) is 6.26 Å². The fourth-order valence-electron chi connectivity index (χ4n) is 2.39. The maximum atomic E-state index is 14.1. The molecular formula is C17H14FN3O3S. The van der Waals surface area contributed by atoms with E-state index in [1.54, 1.807) is 18.2 Å². The standard InChI is InChI=1S/C17H14FN3O3S/c1-25(23,24)12-8-6-11(7-9-12)16-10-14(17(19)22)20-21(16)15-5-3-2-4-13(15)18/h2-10H,1H3,(H2,19,22). The molecule has 1 amide bonds. The number of para-hydroxylation sites is 1. The third-order valence-corrected chi connectivity index (χ3v) is 4.75. The summed E-state index contributed by atoms with van der Waals surface area (Å²) >= 11 is 0. The molecule has 2 aromatic carbocycles. The number of hydrogen-bond acceptors (Lipinski definition) is 4. The number of amides is 1. The van der Waals surface area contributed by atoms with Gasteiger partial charge in [0.05, 0.1) is 10.6 Å². The van der Waals surface area contributed by atoms with E-state index < -0.39 is 21.6 Å². The minimum absolute atomic E-state index is 0.0227. The van der Waals surface area contributed by atoms with E-state index in [1.807, 2.05) is 0 Å². The molecule has 3 aromatic rings. The molecule has 0 bridgehead atoms. The van der Waals surface area contributed by atoms with Crippen LogP contribution in [0.4, 0.5) is 4.39 Å². The molecule has 6 nitrogen and oxygen atoms in total. The minimum atomic E-state index is -3.34. The first kappa shape index (κ1) is 16.8. The number of rotatable bonds is 4. The lowest BCUT2D eigenvalue weighted by atomic mass is 10.1. The maximum Gasteiger partial charge on any atom is 0.269 e. The van der Waals surface area contributed by atoms with E-state index in [-0.39, 0.29) is 16.3 Å². The number of nitrogens with zero attached hydrogens (tertiary/aromatic N) is 2. The number of carbonyl (C=O) groups is 1. The zero-order chi connectivity index (χ0) is 18.2. The van der Waals surface area contributed by atoms with E-state index in [9.17, 15) is 17.6 Å². The summed E-state index contributed by atoms with van der Waals surface area (Å²) in [6, 6.07) is 13.4. The van der Waals surface area contributed by atoms with Crippen molar-refractivity contribution >= 4 is 15.7 Å². The van der Waals surface area contributed by atoms with Gasteiger partial charge in [-0.15, -0.1) is 0 Å². The number of halogens is 1. The third-order valence-electron chi connectivity index (χ3n) is 3.62. The van der Waals surface area contributed by atoms with Crippen molar-refractivity contribution in [3.8, 4) is 16.9 Å². The fraction of sp³-hybridized carbons (Fsp3) is 0.0588. The molecule has 0 fully saturated rings. The lowest BCUT2D eigenvalue weighted by Crippen LogP contribution is -2.12. The molecule has 0 atom stereocenters. The number of aromatic nitrogens is 2. The maximum absolute atomic E-state index is 14.1. The van der Waals surface area contributed by atoms with Gasteiger partial charge in [-0.3, -0.25) is 4.79 Å². The van der Waals surface area contributed by atoms with Gasteiger partial charge >= 0.3 is 0 Å². The Hall–Kier alpha value is -3.00. The molecule has 0 saturated heterocycles. The average Bonchev–Trinajstić information content (AvgIpc) is 3.00. The largest absolute Gasteiger partial charge is 0.364 e. The SMILES string of the molecule is CS(=O)(=O)c1ccc(-c2cc(C(N)=O)nn2-c2ccccc2F)cc1. The van der Waals surface area contributed by atoms with Crippen molar-refractivity contribution < 1.29 is 17.6 Å². The summed E-state index contributed by atoms with van der Waals surface area (Å²) < 4.78 is 38.6. The third kappa shape index (κ3) is 3.29. The van der Waals surface area contributed by atoms with Gasteiger partial charge in [0, 0.05) is 11.8 Å². The molecule has 0 spiro atoms. The Balaban J connectivity index is 2.19. The first-order valence-corrected chi connectivity index (χ1v) is 9.12. The number of benzene rings is 2. The smallest absolute Gasteiger partial charge is 0.269 e. The Morgan fingerprint density at radius 2 is 1.76 bits per heavy atom. The van der Waals surface area contributed by atoms with Crippen LogP contribution in [0.3, 0.4) is 0 Å². The van der Waals surface area contributed by atoms with Gasteiger partial charge in [0.25, 0.3) is 5.91 Å². The molecule has 1 heterocycles. The van der Waals surface area contributed by atoms with Crippen LogP contribution >= 0.6 is 0 Å². The molecule has 0 aliphatic heterocycles. The highest BCUT2D eigenvalue weighted by Crippen LogP contribution is 2.26. The van der Waals surface area contributed by atoms with Crippen LogP contribution in [0.2, 0.25) is 0 Å². The van der Waals surface area contributed by atoms with Crippen LogP contribution < -0.4 is 5.73 Å². The van der Waals surface area contributed by atoms with Crippen molar-refractivity contribution in [2.24, 2.45) is 5.73 Å². The van der Waals surface area contributed by atoms with Crippen LogP contribution in [0, 0.1) is 5.82 Å². The zero-order valence-electron chi connectivity index (χ0n) is 13.2. The summed E-state index contributed by atoms with van der Waals surface area (Å²) in [6.07, 6.45) is 1.11. The molecule has 0 saturated carbocycles. The summed E-state index contributed by atoms with van der Waals surface area (Å²) in [6.45, 7) is 0. The highest BCUT2D eigenvalue weighted by molar-refractivity contribution is 7.90. The second-order valence-electron chi connectivity index (χ2n) is 5.44. The van der Waals surface area contributed by atoms with Crippen LogP contribution in [0.25, 0.3) is 16.9 Å². The van der Waals surface area contributed by atoms with Crippen LogP contribution in [0.15, 0.2) is 59.5 Å². The number of nitrogens with two attached hydrogens (primary N) is 1.